The maximum absolute atomic E-state index is 13.9. The number of amides is 1. The average Bonchev–Trinajstić information content (AvgIpc) is 2.77. The predicted molar refractivity (Wildman–Crippen MR) is 110 cm³/mol. The van der Waals surface area contributed by atoms with E-state index in [2.05, 4.69) is 5.32 Å². The zero-order valence-electron chi connectivity index (χ0n) is 17.0. The Morgan fingerprint density at radius 2 is 1.83 bits per heavy atom. The normalized spacial score (nSPS) is 21.2. The average molecular weight is 415 g/mol. The Hall–Kier alpha value is -2.31. The van der Waals surface area contributed by atoms with Crippen LogP contribution < -0.4 is 5.32 Å². The molecule has 30 heavy (non-hydrogen) atoms. The number of carbonyl (C=O) groups is 1. The van der Waals surface area contributed by atoms with Crippen LogP contribution in [0, 0.1) is 17.0 Å². The van der Waals surface area contributed by atoms with Gasteiger partial charge in [-0.2, -0.15) is 0 Å². The van der Waals surface area contributed by atoms with Gasteiger partial charge in [0, 0.05) is 19.8 Å². The fraction of sp³-hybridized carbons (Fsp3) is 0.458. The maximum atomic E-state index is 13.9. The van der Waals surface area contributed by atoms with Crippen LogP contribution in [0.1, 0.15) is 31.2 Å². The third kappa shape index (κ3) is 4.55. The van der Waals surface area contributed by atoms with E-state index in [1.54, 1.807) is 6.07 Å². The van der Waals surface area contributed by atoms with Gasteiger partial charge in [-0.05, 0) is 60.9 Å². The van der Waals surface area contributed by atoms with Crippen molar-refractivity contribution in [2.75, 3.05) is 26.4 Å². The summed E-state index contributed by atoms with van der Waals surface area (Å²) in [7, 11) is 0. The number of halogens is 2. The number of rotatable bonds is 5. The maximum Gasteiger partial charge on any atom is 0.227 e. The number of nitrogens with one attached hydrogen (secondary N) is 1. The highest BCUT2D eigenvalue weighted by molar-refractivity contribution is 5.84. The van der Waals surface area contributed by atoms with E-state index >= 15 is 0 Å². The molecule has 160 valence electrons. The Balaban J connectivity index is 1.62. The van der Waals surface area contributed by atoms with Gasteiger partial charge in [-0.3, -0.25) is 4.79 Å². The van der Waals surface area contributed by atoms with Crippen LogP contribution in [-0.4, -0.2) is 38.4 Å². The van der Waals surface area contributed by atoms with Crippen LogP contribution in [0.3, 0.4) is 0 Å². The van der Waals surface area contributed by atoms with Crippen LogP contribution in [0.25, 0.3) is 11.1 Å². The molecule has 1 N–H and O–H groups in total. The predicted octanol–water partition coefficient (Wildman–Crippen LogP) is 4.27. The van der Waals surface area contributed by atoms with Crippen molar-refractivity contribution in [3.8, 4) is 11.1 Å². The molecule has 0 radical (unpaired) electrons. The van der Waals surface area contributed by atoms with Gasteiger partial charge in [-0.25, -0.2) is 8.78 Å². The quantitative estimate of drug-likeness (QED) is 0.794. The van der Waals surface area contributed by atoms with Gasteiger partial charge in [0.2, 0.25) is 5.91 Å². The van der Waals surface area contributed by atoms with Crippen molar-refractivity contribution in [1.29, 1.82) is 0 Å². The summed E-state index contributed by atoms with van der Waals surface area (Å²) in [5.41, 5.74) is 1.77. The lowest BCUT2D eigenvalue weighted by Gasteiger charge is -2.38. The van der Waals surface area contributed by atoms with Crippen molar-refractivity contribution in [1.82, 2.24) is 5.32 Å². The lowest BCUT2D eigenvalue weighted by molar-refractivity contribution is -0.138. The summed E-state index contributed by atoms with van der Waals surface area (Å²) in [6, 6.07) is 11.6. The molecule has 2 aliphatic heterocycles. The van der Waals surface area contributed by atoms with Gasteiger partial charge in [0.05, 0.1) is 18.1 Å². The highest BCUT2D eigenvalue weighted by Crippen LogP contribution is 2.38. The third-order valence-electron chi connectivity index (χ3n) is 6.20. The van der Waals surface area contributed by atoms with Crippen LogP contribution in [-0.2, 0) is 20.7 Å². The van der Waals surface area contributed by atoms with Gasteiger partial charge < -0.3 is 14.8 Å². The molecular formula is C24H27F2NO3. The van der Waals surface area contributed by atoms with Crippen molar-refractivity contribution in [3.05, 3.63) is 59.7 Å². The summed E-state index contributed by atoms with van der Waals surface area (Å²) in [6.07, 6.45) is 3.63. The molecule has 0 saturated carbocycles. The first-order valence-electron chi connectivity index (χ1n) is 10.6. The van der Waals surface area contributed by atoms with Gasteiger partial charge in [0.25, 0.3) is 0 Å². The molecule has 1 amide bonds. The van der Waals surface area contributed by atoms with E-state index in [1.807, 2.05) is 24.3 Å². The van der Waals surface area contributed by atoms with E-state index in [-0.39, 0.29) is 11.9 Å². The molecular weight excluding hydrogens is 388 g/mol. The van der Waals surface area contributed by atoms with Crippen molar-refractivity contribution in [2.45, 2.75) is 38.1 Å². The molecule has 4 nitrogen and oxygen atoms in total. The first-order chi connectivity index (χ1) is 14.6. The lowest BCUT2D eigenvalue weighted by Crippen LogP contribution is -2.51. The van der Waals surface area contributed by atoms with E-state index < -0.39 is 17.0 Å². The van der Waals surface area contributed by atoms with E-state index in [9.17, 15) is 13.6 Å². The largest absolute Gasteiger partial charge is 0.381 e. The SMILES string of the molecule is O=C(NC1CCCOC1)C1(Cc2ccccc2-c2ccc(F)c(F)c2)CCOCC1. The molecule has 2 heterocycles. The second-order valence-electron chi connectivity index (χ2n) is 8.24. The zero-order valence-corrected chi connectivity index (χ0v) is 17.0. The Bertz CT molecular complexity index is 890. The lowest BCUT2D eigenvalue weighted by atomic mass is 9.73. The molecule has 4 rings (SSSR count). The molecule has 2 fully saturated rings. The Morgan fingerprint density at radius 1 is 1.03 bits per heavy atom. The molecule has 0 aliphatic carbocycles. The first-order valence-corrected chi connectivity index (χ1v) is 10.6. The third-order valence-corrected chi connectivity index (χ3v) is 6.20. The summed E-state index contributed by atoms with van der Waals surface area (Å²) < 4.78 is 38.3. The molecule has 0 spiro atoms. The Kier molecular flexibility index (Phi) is 6.44. The summed E-state index contributed by atoms with van der Waals surface area (Å²) in [4.78, 5) is 13.4. The van der Waals surface area contributed by atoms with Crippen molar-refractivity contribution < 1.29 is 23.0 Å². The fourth-order valence-corrected chi connectivity index (χ4v) is 4.42. The number of ether oxygens (including phenoxy) is 2. The number of carbonyl (C=O) groups excluding carboxylic acids is 1. The second kappa shape index (κ2) is 9.23. The van der Waals surface area contributed by atoms with Gasteiger partial charge in [0.15, 0.2) is 11.6 Å². The van der Waals surface area contributed by atoms with Crippen molar-refractivity contribution >= 4 is 5.91 Å². The van der Waals surface area contributed by atoms with Gasteiger partial charge in [0.1, 0.15) is 0 Å². The van der Waals surface area contributed by atoms with E-state index in [4.69, 9.17) is 9.47 Å². The molecule has 2 saturated heterocycles. The van der Waals surface area contributed by atoms with Crippen LogP contribution >= 0.6 is 0 Å². The fourth-order valence-electron chi connectivity index (χ4n) is 4.42. The Labute approximate surface area is 175 Å². The van der Waals surface area contributed by atoms with Crippen molar-refractivity contribution in [2.24, 2.45) is 5.41 Å². The summed E-state index contributed by atoms with van der Waals surface area (Å²) in [5, 5.41) is 3.20. The standard InChI is InChI=1S/C24H27F2NO3/c25-21-8-7-17(14-22(21)26)20-6-2-1-4-18(20)15-24(9-12-29-13-10-24)23(28)27-19-5-3-11-30-16-19/h1-2,4,6-8,14,19H,3,5,9-13,15-16H2,(H,27,28). The second-order valence-corrected chi connectivity index (χ2v) is 8.24. The molecule has 0 aromatic heterocycles. The highest BCUT2D eigenvalue weighted by Gasteiger charge is 2.41. The molecule has 1 unspecified atom stereocenters. The minimum absolute atomic E-state index is 0.0291. The van der Waals surface area contributed by atoms with E-state index in [0.717, 1.165) is 36.6 Å². The minimum Gasteiger partial charge on any atom is -0.381 e. The number of benzene rings is 2. The number of hydrogen-bond acceptors (Lipinski definition) is 3. The van der Waals surface area contributed by atoms with Crippen LogP contribution in [0.15, 0.2) is 42.5 Å². The van der Waals surface area contributed by atoms with E-state index in [0.29, 0.717) is 44.6 Å². The van der Waals surface area contributed by atoms with E-state index in [1.165, 1.54) is 6.07 Å². The first kappa shape index (κ1) is 20.9. The molecule has 1 atom stereocenters. The van der Waals surface area contributed by atoms with Gasteiger partial charge in [-0.1, -0.05) is 30.3 Å². The topological polar surface area (TPSA) is 47.6 Å². The highest BCUT2D eigenvalue weighted by atomic mass is 19.2. The van der Waals surface area contributed by atoms with Crippen molar-refractivity contribution in [3.63, 3.8) is 0 Å². The van der Waals surface area contributed by atoms with Crippen LogP contribution in [0.5, 0.6) is 0 Å². The smallest absolute Gasteiger partial charge is 0.227 e. The summed E-state index contributed by atoms with van der Waals surface area (Å²) in [6.45, 7) is 2.35. The summed E-state index contributed by atoms with van der Waals surface area (Å²) >= 11 is 0. The molecule has 2 aliphatic rings. The zero-order chi connectivity index (χ0) is 21.0. The van der Waals surface area contributed by atoms with Crippen LogP contribution in [0.4, 0.5) is 8.78 Å². The molecule has 2 aromatic rings. The number of hydrogen-bond donors (Lipinski definition) is 1. The molecule has 2 aromatic carbocycles. The molecule has 6 heteroatoms. The van der Waals surface area contributed by atoms with Gasteiger partial charge >= 0.3 is 0 Å². The van der Waals surface area contributed by atoms with Crippen LogP contribution in [0.2, 0.25) is 0 Å². The minimum atomic E-state index is -0.877. The molecule has 0 bridgehead atoms. The monoisotopic (exact) mass is 415 g/mol. The summed E-state index contributed by atoms with van der Waals surface area (Å²) in [5.74, 6) is -1.72. The van der Waals surface area contributed by atoms with Gasteiger partial charge in [-0.15, -0.1) is 0 Å². The Morgan fingerprint density at radius 3 is 2.57 bits per heavy atom.